The van der Waals surface area contributed by atoms with Crippen molar-refractivity contribution in [3.63, 3.8) is 0 Å². The second kappa shape index (κ2) is 5.94. The molecule has 17 heavy (non-hydrogen) atoms. The van der Waals surface area contributed by atoms with Gasteiger partial charge in [-0.15, -0.1) is 0 Å². The zero-order chi connectivity index (χ0) is 13.0. The molecule has 0 N–H and O–H groups in total. The van der Waals surface area contributed by atoms with E-state index in [1.165, 1.54) is 0 Å². The first kappa shape index (κ1) is 13.9. The normalized spacial score (nSPS) is 11.8. The number of carbonyl (C=O) groups excluding carboxylic acids is 1. The summed E-state index contributed by atoms with van der Waals surface area (Å²) in [6, 6.07) is 4.97. The highest BCUT2D eigenvalue weighted by Gasteiger charge is 2.13. The van der Waals surface area contributed by atoms with Gasteiger partial charge in [0, 0.05) is 12.5 Å². The lowest BCUT2D eigenvalue weighted by atomic mass is 10.3. The molecule has 0 amide bonds. The summed E-state index contributed by atoms with van der Waals surface area (Å²) >= 11 is 11.7. The number of ether oxygens (including phenoxy) is 2. The molecule has 0 aromatic heterocycles. The Balaban J connectivity index is 2.68. The monoisotopic (exact) mass is 274 g/mol. The molecule has 0 saturated carbocycles. The molecule has 1 atom stereocenters. The van der Waals surface area contributed by atoms with Gasteiger partial charge in [-0.2, -0.15) is 0 Å². The molecule has 0 spiro atoms. The zero-order valence-electron chi connectivity index (χ0n) is 9.50. The third-order valence-electron chi connectivity index (χ3n) is 1.83. The van der Waals surface area contributed by atoms with Crippen LogP contribution in [0.15, 0.2) is 30.4 Å². The van der Waals surface area contributed by atoms with Gasteiger partial charge in [0.15, 0.2) is 0 Å². The Hall–Kier alpha value is -1.19. The molecule has 0 saturated heterocycles. The molecule has 0 bridgehead atoms. The number of hydrogen-bond donors (Lipinski definition) is 0. The Morgan fingerprint density at radius 1 is 1.41 bits per heavy atom. The van der Waals surface area contributed by atoms with Crippen LogP contribution in [0.25, 0.3) is 0 Å². The quantitative estimate of drug-likeness (QED) is 0.476. The van der Waals surface area contributed by atoms with Crippen LogP contribution in [0.3, 0.4) is 0 Å². The minimum Gasteiger partial charge on any atom is -0.453 e. The average molecular weight is 275 g/mol. The van der Waals surface area contributed by atoms with Gasteiger partial charge in [0.1, 0.15) is 10.8 Å². The van der Waals surface area contributed by atoms with Crippen molar-refractivity contribution < 1.29 is 14.3 Å². The van der Waals surface area contributed by atoms with Gasteiger partial charge in [-0.25, -0.2) is 4.79 Å². The van der Waals surface area contributed by atoms with Gasteiger partial charge in [-0.1, -0.05) is 35.8 Å². The maximum absolute atomic E-state index is 11.2. The SMILES string of the molecule is C=C(C)C(=O)OC(C)Oc1cccc(Cl)c1Cl. The van der Waals surface area contributed by atoms with Crippen molar-refractivity contribution in [2.24, 2.45) is 0 Å². The fraction of sp³-hybridized carbons (Fsp3) is 0.250. The topological polar surface area (TPSA) is 35.5 Å². The molecule has 1 aromatic carbocycles. The van der Waals surface area contributed by atoms with Gasteiger partial charge in [0.25, 0.3) is 0 Å². The first-order valence-corrected chi connectivity index (χ1v) is 5.64. The highest BCUT2D eigenvalue weighted by atomic mass is 35.5. The van der Waals surface area contributed by atoms with Crippen LogP contribution >= 0.6 is 23.2 Å². The van der Waals surface area contributed by atoms with Crippen molar-refractivity contribution >= 4 is 29.2 Å². The van der Waals surface area contributed by atoms with E-state index >= 15 is 0 Å². The number of rotatable bonds is 4. The number of hydrogen-bond acceptors (Lipinski definition) is 3. The first-order valence-electron chi connectivity index (χ1n) is 4.89. The van der Waals surface area contributed by atoms with E-state index in [0.717, 1.165) is 0 Å². The van der Waals surface area contributed by atoms with Gasteiger partial charge in [-0.3, -0.25) is 0 Å². The molecule has 5 heteroatoms. The molecule has 3 nitrogen and oxygen atoms in total. The summed E-state index contributed by atoms with van der Waals surface area (Å²) in [7, 11) is 0. The summed E-state index contributed by atoms with van der Waals surface area (Å²) in [5.41, 5.74) is 0.303. The van der Waals surface area contributed by atoms with E-state index in [9.17, 15) is 4.79 Å². The van der Waals surface area contributed by atoms with Crippen molar-refractivity contribution in [3.05, 3.63) is 40.4 Å². The molecular formula is C12H12Cl2O3. The second-order valence-corrected chi connectivity index (χ2v) is 4.21. The minimum absolute atomic E-state index is 0.285. The van der Waals surface area contributed by atoms with Crippen LogP contribution < -0.4 is 4.74 Å². The number of carbonyl (C=O) groups is 1. The standard InChI is InChI=1S/C12H12Cl2O3/c1-7(2)12(15)17-8(3)16-10-6-4-5-9(13)11(10)14/h4-6,8H,1H2,2-3H3. The Morgan fingerprint density at radius 3 is 2.65 bits per heavy atom. The zero-order valence-corrected chi connectivity index (χ0v) is 11.0. The average Bonchev–Trinajstić information content (AvgIpc) is 2.24. The third-order valence-corrected chi connectivity index (χ3v) is 2.63. The maximum atomic E-state index is 11.2. The largest absolute Gasteiger partial charge is 0.453 e. The lowest BCUT2D eigenvalue weighted by Gasteiger charge is -2.16. The maximum Gasteiger partial charge on any atom is 0.336 e. The molecule has 1 aromatic rings. The van der Waals surface area contributed by atoms with Gasteiger partial charge in [0.2, 0.25) is 6.29 Å². The smallest absolute Gasteiger partial charge is 0.336 e. The van der Waals surface area contributed by atoms with Gasteiger partial charge in [0.05, 0.1) is 5.02 Å². The minimum atomic E-state index is -0.768. The van der Waals surface area contributed by atoms with Gasteiger partial charge in [-0.05, 0) is 19.1 Å². The molecule has 1 unspecified atom stereocenters. The van der Waals surface area contributed by atoms with E-state index in [-0.39, 0.29) is 5.02 Å². The lowest BCUT2D eigenvalue weighted by molar-refractivity contribution is -0.156. The highest BCUT2D eigenvalue weighted by Crippen LogP contribution is 2.32. The summed E-state index contributed by atoms with van der Waals surface area (Å²) in [6.07, 6.45) is -0.768. The van der Waals surface area contributed by atoms with E-state index in [1.54, 1.807) is 32.0 Å². The van der Waals surface area contributed by atoms with Crippen LogP contribution in [0.1, 0.15) is 13.8 Å². The Bertz CT molecular complexity index is 443. The molecule has 0 fully saturated rings. The van der Waals surface area contributed by atoms with Crippen LogP contribution in [0, 0.1) is 0 Å². The molecule has 1 rings (SSSR count). The number of esters is 1. The van der Waals surface area contributed by atoms with E-state index in [0.29, 0.717) is 16.3 Å². The van der Waals surface area contributed by atoms with Crippen LogP contribution in [-0.4, -0.2) is 12.3 Å². The molecule has 0 radical (unpaired) electrons. The second-order valence-electron chi connectivity index (χ2n) is 3.42. The Kier molecular flexibility index (Phi) is 4.85. The fourth-order valence-electron chi connectivity index (χ4n) is 1.03. The van der Waals surface area contributed by atoms with E-state index in [2.05, 4.69) is 6.58 Å². The highest BCUT2D eigenvalue weighted by molar-refractivity contribution is 6.42. The summed E-state index contributed by atoms with van der Waals surface area (Å²) in [4.78, 5) is 11.2. The number of benzene rings is 1. The Labute approximate surface area is 110 Å². The first-order chi connectivity index (χ1) is 7.91. The molecule has 0 heterocycles. The Morgan fingerprint density at radius 2 is 2.06 bits per heavy atom. The van der Waals surface area contributed by atoms with Crippen molar-refractivity contribution in [2.75, 3.05) is 0 Å². The predicted molar refractivity (Wildman–Crippen MR) is 67.5 cm³/mol. The summed E-state index contributed by atoms with van der Waals surface area (Å²) < 4.78 is 10.3. The van der Waals surface area contributed by atoms with Gasteiger partial charge < -0.3 is 9.47 Å². The van der Waals surface area contributed by atoms with Crippen LogP contribution in [0.4, 0.5) is 0 Å². The number of halogens is 2. The summed E-state index contributed by atoms with van der Waals surface area (Å²) in [6.45, 7) is 6.61. The van der Waals surface area contributed by atoms with Crippen molar-refractivity contribution in [2.45, 2.75) is 20.1 Å². The van der Waals surface area contributed by atoms with Gasteiger partial charge >= 0.3 is 5.97 Å². The predicted octanol–water partition coefficient (Wildman–Crippen LogP) is 3.84. The van der Waals surface area contributed by atoms with Crippen molar-refractivity contribution in [1.82, 2.24) is 0 Å². The van der Waals surface area contributed by atoms with Crippen LogP contribution in [-0.2, 0) is 9.53 Å². The summed E-state index contributed by atoms with van der Waals surface area (Å²) in [5, 5.41) is 0.662. The molecular weight excluding hydrogens is 263 g/mol. The van der Waals surface area contributed by atoms with Crippen LogP contribution in [0.2, 0.25) is 10.0 Å². The van der Waals surface area contributed by atoms with Crippen LogP contribution in [0.5, 0.6) is 5.75 Å². The van der Waals surface area contributed by atoms with E-state index < -0.39 is 12.3 Å². The molecule has 0 aliphatic rings. The van der Waals surface area contributed by atoms with Crippen molar-refractivity contribution in [1.29, 1.82) is 0 Å². The fourth-order valence-corrected chi connectivity index (χ4v) is 1.37. The third kappa shape index (κ3) is 3.95. The lowest BCUT2D eigenvalue weighted by Crippen LogP contribution is -2.21. The van der Waals surface area contributed by atoms with E-state index in [1.807, 2.05) is 0 Å². The van der Waals surface area contributed by atoms with Crippen molar-refractivity contribution in [3.8, 4) is 5.75 Å². The molecule has 0 aliphatic carbocycles. The molecule has 0 aliphatic heterocycles. The summed E-state index contributed by atoms with van der Waals surface area (Å²) in [5.74, 6) is -0.156. The van der Waals surface area contributed by atoms with E-state index in [4.69, 9.17) is 32.7 Å². The molecule has 92 valence electrons.